The van der Waals surface area contributed by atoms with Gasteiger partial charge in [-0.15, -0.1) is 0 Å². The molecule has 0 aliphatic heterocycles. The molecule has 0 aliphatic rings. The fourth-order valence-corrected chi connectivity index (χ4v) is 1.94. The SMILES string of the molecule is CCCc1nc(NN)c(C)c(Oc2ccc(F)c(Cl)c2)n1. The minimum Gasteiger partial charge on any atom is -0.438 e. The van der Waals surface area contributed by atoms with Crippen LogP contribution >= 0.6 is 11.6 Å². The minimum atomic E-state index is -0.501. The molecule has 0 bridgehead atoms. The highest BCUT2D eigenvalue weighted by Gasteiger charge is 2.13. The van der Waals surface area contributed by atoms with E-state index in [2.05, 4.69) is 15.4 Å². The summed E-state index contributed by atoms with van der Waals surface area (Å²) < 4.78 is 18.8. The highest BCUT2D eigenvalue weighted by molar-refractivity contribution is 6.30. The first-order valence-corrected chi connectivity index (χ1v) is 6.90. The number of rotatable bonds is 5. The Morgan fingerprint density at radius 3 is 2.76 bits per heavy atom. The fraction of sp³-hybridized carbons (Fsp3) is 0.286. The number of aryl methyl sites for hydroxylation is 1. The van der Waals surface area contributed by atoms with Gasteiger partial charge in [-0.1, -0.05) is 18.5 Å². The Bertz CT molecular complexity index is 651. The van der Waals surface area contributed by atoms with Crippen molar-refractivity contribution in [3.8, 4) is 11.6 Å². The molecule has 0 amide bonds. The number of hydrogen-bond donors (Lipinski definition) is 2. The van der Waals surface area contributed by atoms with Crippen LogP contribution in [0.15, 0.2) is 18.2 Å². The van der Waals surface area contributed by atoms with E-state index < -0.39 is 5.82 Å². The number of aromatic nitrogens is 2. The molecule has 0 unspecified atom stereocenters. The monoisotopic (exact) mass is 310 g/mol. The Balaban J connectivity index is 2.37. The van der Waals surface area contributed by atoms with Gasteiger partial charge in [-0.2, -0.15) is 4.98 Å². The van der Waals surface area contributed by atoms with Gasteiger partial charge in [-0.3, -0.25) is 0 Å². The third-order valence-electron chi connectivity index (χ3n) is 2.86. The van der Waals surface area contributed by atoms with Crippen LogP contribution in [-0.4, -0.2) is 9.97 Å². The van der Waals surface area contributed by atoms with Gasteiger partial charge in [0.2, 0.25) is 5.88 Å². The number of nitrogens with zero attached hydrogens (tertiary/aromatic N) is 2. The van der Waals surface area contributed by atoms with Gasteiger partial charge in [-0.05, 0) is 25.5 Å². The van der Waals surface area contributed by atoms with Crippen molar-refractivity contribution in [2.24, 2.45) is 5.84 Å². The predicted octanol–water partition coefficient (Wildman–Crippen LogP) is 3.61. The van der Waals surface area contributed by atoms with E-state index in [1.54, 1.807) is 6.92 Å². The third-order valence-corrected chi connectivity index (χ3v) is 3.15. The largest absolute Gasteiger partial charge is 0.438 e. The van der Waals surface area contributed by atoms with Crippen molar-refractivity contribution in [3.63, 3.8) is 0 Å². The molecule has 1 heterocycles. The zero-order chi connectivity index (χ0) is 15.4. The smallest absolute Gasteiger partial charge is 0.227 e. The van der Waals surface area contributed by atoms with E-state index >= 15 is 0 Å². The summed E-state index contributed by atoms with van der Waals surface area (Å²) in [5, 5.41) is -0.00911. The van der Waals surface area contributed by atoms with Crippen molar-refractivity contribution in [1.82, 2.24) is 9.97 Å². The quantitative estimate of drug-likeness (QED) is 0.652. The van der Waals surface area contributed by atoms with Crippen molar-refractivity contribution in [3.05, 3.63) is 40.4 Å². The third kappa shape index (κ3) is 3.59. The minimum absolute atomic E-state index is 0.00911. The molecule has 0 atom stereocenters. The molecule has 1 aromatic carbocycles. The molecule has 112 valence electrons. The van der Waals surface area contributed by atoms with Gasteiger partial charge in [0.05, 0.1) is 10.6 Å². The molecule has 2 aromatic rings. The molecule has 2 rings (SSSR count). The van der Waals surface area contributed by atoms with Crippen LogP contribution in [-0.2, 0) is 6.42 Å². The van der Waals surface area contributed by atoms with Crippen LogP contribution < -0.4 is 16.0 Å². The number of nitrogens with one attached hydrogen (secondary N) is 1. The lowest BCUT2D eigenvalue weighted by Crippen LogP contribution is -2.13. The first-order valence-electron chi connectivity index (χ1n) is 6.52. The summed E-state index contributed by atoms with van der Waals surface area (Å²) in [7, 11) is 0. The molecule has 0 spiro atoms. The molecular weight excluding hydrogens is 295 g/mol. The van der Waals surface area contributed by atoms with E-state index in [-0.39, 0.29) is 5.02 Å². The highest BCUT2D eigenvalue weighted by atomic mass is 35.5. The van der Waals surface area contributed by atoms with Gasteiger partial charge < -0.3 is 10.2 Å². The van der Waals surface area contributed by atoms with Crippen LogP contribution in [0.1, 0.15) is 24.7 Å². The Hall–Kier alpha value is -1.92. The topological polar surface area (TPSA) is 73.1 Å². The maximum Gasteiger partial charge on any atom is 0.227 e. The summed E-state index contributed by atoms with van der Waals surface area (Å²) in [6, 6.07) is 4.12. The number of ether oxygens (including phenoxy) is 1. The zero-order valence-electron chi connectivity index (χ0n) is 11.8. The summed E-state index contributed by atoms with van der Waals surface area (Å²) in [6.07, 6.45) is 1.60. The van der Waals surface area contributed by atoms with E-state index in [0.717, 1.165) is 6.42 Å². The average Bonchev–Trinajstić information content (AvgIpc) is 2.46. The molecular formula is C14H16ClFN4O. The molecule has 0 fully saturated rings. The number of hydrazine groups is 1. The summed E-state index contributed by atoms with van der Waals surface area (Å²) in [6.45, 7) is 3.81. The van der Waals surface area contributed by atoms with E-state index in [1.165, 1.54) is 18.2 Å². The Kier molecular flexibility index (Phi) is 4.93. The molecule has 5 nitrogen and oxygen atoms in total. The standard InChI is InChI=1S/C14H16ClFN4O/c1-3-4-12-18-13(20-17)8(2)14(19-12)21-9-5-6-11(16)10(15)7-9/h5-7H,3-4,17H2,1-2H3,(H,18,19,20). The van der Waals surface area contributed by atoms with Gasteiger partial charge in [0.25, 0.3) is 0 Å². The summed E-state index contributed by atoms with van der Waals surface area (Å²) in [5.41, 5.74) is 3.19. The fourth-order valence-electron chi connectivity index (χ4n) is 1.77. The van der Waals surface area contributed by atoms with E-state index in [0.29, 0.717) is 35.3 Å². The van der Waals surface area contributed by atoms with Crippen molar-refractivity contribution >= 4 is 17.4 Å². The lowest BCUT2D eigenvalue weighted by Gasteiger charge is -2.12. The Morgan fingerprint density at radius 2 is 2.14 bits per heavy atom. The second-order valence-electron chi connectivity index (χ2n) is 4.49. The average molecular weight is 311 g/mol. The lowest BCUT2D eigenvalue weighted by atomic mass is 10.2. The molecule has 0 aliphatic carbocycles. The van der Waals surface area contributed by atoms with Crippen LogP contribution in [0.2, 0.25) is 5.02 Å². The molecule has 7 heteroatoms. The van der Waals surface area contributed by atoms with Crippen molar-refractivity contribution in [1.29, 1.82) is 0 Å². The number of hydrogen-bond acceptors (Lipinski definition) is 5. The number of anilines is 1. The normalized spacial score (nSPS) is 10.5. The van der Waals surface area contributed by atoms with Crippen LogP contribution in [0.25, 0.3) is 0 Å². The van der Waals surface area contributed by atoms with Gasteiger partial charge in [-0.25, -0.2) is 15.2 Å². The van der Waals surface area contributed by atoms with Gasteiger partial charge >= 0.3 is 0 Å². The van der Waals surface area contributed by atoms with Crippen LogP contribution in [0.3, 0.4) is 0 Å². The summed E-state index contributed by atoms with van der Waals surface area (Å²) >= 11 is 5.74. The molecule has 1 aromatic heterocycles. The Morgan fingerprint density at radius 1 is 1.38 bits per heavy atom. The van der Waals surface area contributed by atoms with Crippen LogP contribution in [0, 0.1) is 12.7 Å². The molecule has 0 saturated carbocycles. The van der Waals surface area contributed by atoms with Crippen molar-refractivity contribution in [2.75, 3.05) is 5.43 Å². The van der Waals surface area contributed by atoms with E-state index in [1.807, 2.05) is 6.92 Å². The molecule has 21 heavy (non-hydrogen) atoms. The first-order chi connectivity index (χ1) is 10.0. The molecule has 3 N–H and O–H groups in total. The second kappa shape index (κ2) is 6.69. The number of nitrogens with two attached hydrogens (primary N) is 1. The van der Waals surface area contributed by atoms with Crippen molar-refractivity contribution < 1.29 is 9.13 Å². The number of halogens is 2. The maximum atomic E-state index is 13.2. The summed E-state index contributed by atoms with van der Waals surface area (Å²) in [5.74, 6) is 6.84. The Labute approximate surface area is 127 Å². The van der Waals surface area contributed by atoms with Gasteiger partial charge in [0.15, 0.2) is 0 Å². The molecule has 0 saturated heterocycles. The highest BCUT2D eigenvalue weighted by Crippen LogP contribution is 2.29. The first kappa shape index (κ1) is 15.5. The zero-order valence-corrected chi connectivity index (χ0v) is 12.5. The van der Waals surface area contributed by atoms with Crippen LogP contribution in [0.5, 0.6) is 11.6 Å². The summed E-state index contributed by atoms with van der Waals surface area (Å²) in [4.78, 5) is 8.65. The van der Waals surface area contributed by atoms with Gasteiger partial charge in [0, 0.05) is 12.5 Å². The second-order valence-corrected chi connectivity index (χ2v) is 4.90. The predicted molar refractivity (Wildman–Crippen MR) is 80.1 cm³/mol. The van der Waals surface area contributed by atoms with E-state index in [9.17, 15) is 4.39 Å². The van der Waals surface area contributed by atoms with Crippen molar-refractivity contribution in [2.45, 2.75) is 26.7 Å². The van der Waals surface area contributed by atoms with Crippen LogP contribution in [0.4, 0.5) is 10.2 Å². The number of nitrogen functional groups attached to an aromatic ring is 1. The maximum absolute atomic E-state index is 13.2. The lowest BCUT2D eigenvalue weighted by molar-refractivity contribution is 0.453. The van der Waals surface area contributed by atoms with E-state index in [4.69, 9.17) is 22.2 Å². The van der Waals surface area contributed by atoms with Gasteiger partial charge in [0.1, 0.15) is 23.2 Å². The number of benzene rings is 1. The molecule has 0 radical (unpaired) electrons.